The molecule has 2 bridgehead atoms. The SMILES string of the molecule is COCC12CCC(COC)(CC(C)C1)O2. The Labute approximate surface area is 92.1 Å². The smallest absolute Gasteiger partial charge is 0.0927 e. The first kappa shape index (κ1) is 11.4. The number of hydrogen-bond donors (Lipinski definition) is 0. The van der Waals surface area contributed by atoms with E-state index in [9.17, 15) is 0 Å². The fourth-order valence-electron chi connectivity index (χ4n) is 3.49. The lowest BCUT2D eigenvalue weighted by atomic mass is 9.85. The number of methoxy groups -OCH3 is 2. The highest BCUT2D eigenvalue weighted by atomic mass is 16.6. The predicted molar refractivity (Wildman–Crippen MR) is 57.9 cm³/mol. The average molecular weight is 214 g/mol. The summed E-state index contributed by atoms with van der Waals surface area (Å²) in [5, 5.41) is 0. The van der Waals surface area contributed by atoms with E-state index >= 15 is 0 Å². The summed E-state index contributed by atoms with van der Waals surface area (Å²) in [5.74, 6) is 0.714. The van der Waals surface area contributed by atoms with Gasteiger partial charge in [-0.25, -0.2) is 0 Å². The van der Waals surface area contributed by atoms with Crippen molar-refractivity contribution < 1.29 is 14.2 Å². The highest BCUT2D eigenvalue weighted by Gasteiger charge is 2.54. The van der Waals surface area contributed by atoms with Crippen LogP contribution in [0.1, 0.15) is 32.6 Å². The van der Waals surface area contributed by atoms with Gasteiger partial charge in [-0.1, -0.05) is 6.92 Å². The van der Waals surface area contributed by atoms with Crippen molar-refractivity contribution in [2.45, 2.75) is 43.8 Å². The molecule has 2 aliphatic rings. The van der Waals surface area contributed by atoms with Gasteiger partial charge < -0.3 is 14.2 Å². The minimum absolute atomic E-state index is 0.0229. The van der Waals surface area contributed by atoms with Gasteiger partial charge in [-0.05, 0) is 31.6 Å². The van der Waals surface area contributed by atoms with E-state index in [1.165, 1.54) is 0 Å². The van der Waals surface area contributed by atoms with Crippen LogP contribution in [0.15, 0.2) is 0 Å². The molecule has 2 unspecified atom stereocenters. The molecule has 0 saturated carbocycles. The molecule has 0 amide bonds. The molecular formula is C12H22O3. The van der Waals surface area contributed by atoms with E-state index in [1.54, 1.807) is 14.2 Å². The summed E-state index contributed by atoms with van der Waals surface area (Å²) in [6.07, 6.45) is 4.50. The molecule has 3 nitrogen and oxygen atoms in total. The van der Waals surface area contributed by atoms with Crippen LogP contribution in [-0.4, -0.2) is 38.6 Å². The normalized spacial score (nSPS) is 44.6. The van der Waals surface area contributed by atoms with Gasteiger partial charge in [0.05, 0.1) is 24.4 Å². The van der Waals surface area contributed by atoms with Gasteiger partial charge in [0.25, 0.3) is 0 Å². The Morgan fingerprint density at radius 3 is 1.93 bits per heavy atom. The van der Waals surface area contributed by atoms with Crippen molar-refractivity contribution in [3.63, 3.8) is 0 Å². The Kier molecular flexibility index (Phi) is 3.06. The predicted octanol–water partition coefficient (Wildman–Crippen LogP) is 2.00. The zero-order chi connectivity index (χ0) is 10.9. The summed E-state index contributed by atoms with van der Waals surface area (Å²) in [7, 11) is 3.52. The second kappa shape index (κ2) is 4.04. The van der Waals surface area contributed by atoms with Crippen LogP contribution in [0.3, 0.4) is 0 Å². The van der Waals surface area contributed by atoms with Crippen LogP contribution in [0.25, 0.3) is 0 Å². The first-order valence-corrected chi connectivity index (χ1v) is 5.82. The van der Waals surface area contributed by atoms with E-state index in [-0.39, 0.29) is 11.2 Å². The first-order chi connectivity index (χ1) is 7.14. The summed E-state index contributed by atoms with van der Waals surface area (Å²) in [6, 6.07) is 0. The molecule has 0 aromatic heterocycles. The molecule has 0 aromatic carbocycles. The number of fused-ring (bicyclic) bond motifs is 2. The van der Waals surface area contributed by atoms with Crippen molar-refractivity contribution >= 4 is 0 Å². The van der Waals surface area contributed by atoms with E-state index < -0.39 is 0 Å². The second-order valence-electron chi connectivity index (χ2n) is 5.35. The fourth-order valence-corrected chi connectivity index (χ4v) is 3.49. The van der Waals surface area contributed by atoms with Crippen molar-refractivity contribution in [1.29, 1.82) is 0 Å². The maximum absolute atomic E-state index is 6.27. The molecule has 2 heterocycles. The summed E-state index contributed by atoms with van der Waals surface area (Å²) in [6.45, 7) is 3.76. The van der Waals surface area contributed by atoms with Gasteiger partial charge in [-0.3, -0.25) is 0 Å². The van der Waals surface area contributed by atoms with Gasteiger partial charge in [0, 0.05) is 14.2 Å². The monoisotopic (exact) mass is 214 g/mol. The third-order valence-corrected chi connectivity index (χ3v) is 3.72. The number of rotatable bonds is 4. The van der Waals surface area contributed by atoms with E-state index in [4.69, 9.17) is 14.2 Å². The van der Waals surface area contributed by atoms with Crippen molar-refractivity contribution in [2.75, 3.05) is 27.4 Å². The summed E-state index contributed by atoms with van der Waals surface area (Å²) < 4.78 is 16.9. The summed E-state index contributed by atoms with van der Waals surface area (Å²) in [5.41, 5.74) is -0.0457. The first-order valence-electron chi connectivity index (χ1n) is 5.82. The molecular weight excluding hydrogens is 192 g/mol. The Hall–Kier alpha value is -0.120. The van der Waals surface area contributed by atoms with Crippen LogP contribution in [0.2, 0.25) is 0 Å². The topological polar surface area (TPSA) is 27.7 Å². The van der Waals surface area contributed by atoms with Gasteiger partial charge >= 0.3 is 0 Å². The minimum atomic E-state index is -0.0229. The van der Waals surface area contributed by atoms with Crippen LogP contribution in [0.5, 0.6) is 0 Å². The summed E-state index contributed by atoms with van der Waals surface area (Å²) >= 11 is 0. The molecule has 2 aliphatic heterocycles. The Morgan fingerprint density at radius 2 is 1.53 bits per heavy atom. The zero-order valence-corrected chi connectivity index (χ0v) is 10.0. The molecule has 0 N–H and O–H groups in total. The van der Waals surface area contributed by atoms with Gasteiger partial charge in [-0.2, -0.15) is 0 Å². The molecule has 15 heavy (non-hydrogen) atoms. The highest BCUT2D eigenvalue weighted by Crippen LogP contribution is 2.50. The van der Waals surface area contributed by atoms with Gasteiger partial charge in [0.1, 0.15) is 0 Å². The van der Waals surface area contributed by atoms with E-state index in [2.05, 4.69) is 6.92 Å². The van der Waals surface area contributed by atoms with Crippen LogP contribution >= 0.6 is 0 Å². The molecule has 2 fully saturated rings. The van der Waals surface area contributed by atoms with Gasteiger partial charge in [0.2, 0.25) is 0 Å². The zero-order valence-electron chi connectivity index (χ0n) is 10.0. The van der Waals surface area contributed by atoms with Crippen LogP contribution in [-0.2, 0) is 14.2 Å². The van der Waals surface area contributed by atoms with Crippen molar-refractivity contribution in [3.8, 4) is 0 Å². The minimum Gasteiger partial charge on any atom is -0.382 e. The molecule has 88 valence electrons. The van der Waals surface area contributed by atoms with E-state index in [1.807, 2.05) is 0 Å². The van der Waals surface area contributed by atoms with Crippen LogP contribution in [0.4, 0.5) is 0 Å². The molecule has 2 saturated heterocycles. The molecule has 3 heteroatoms. The third-order valence-electron chi connectivity index (χ3n) is 3.72. The van der Waals surface area contributed by atoms with Crippen molar-refractivity contribution in [3.05, 3.63) is 0 Å². The summed E-state index contributed by atoms with van der Waals surface area (Å²) in [4.78, 5) is 0. The lowest BCUT2D eigenvalue weighted by molar-refractivity contribution is -0.190. The quantitative estimate of drug-likeness (QED) is 0.716. The maximum atomic E-state index is 6.27. The number of ether oxygens (including phenoxy) is 3. The van der Waals surface area contributed by atoms with Gasteiger partial charge in [0.15, 0.2) is 0 Å². The largest absolute Gasteiger partial charge is 0.382 e. The standard InChI is InChI=1S/C12H22O3/c1-10-6-11(8-13-2)4-5-12(7-10,15-11)9-14-3/h10H,4-9H2,1-3H3. The fraction of sp³-hybridized carbons (Fsp3) is 1.00. The third kappa shape index (κ3) is 2.05. The average Bonchev–Trinajstić information content (AvgIpc) is 2.39. The maximum Gasteiger partial charge on any atom is 0.0927 e. The lowest BCUT2D eigenvalue weighted by Gasteiger charge is -2.42. The molecule has 0 aliphatic carbocycles. The number of hydrogen-bond acceptors (Lipinski definition) is 3. The van der Waals surface area contributed by atoms with Crippen molar-refractivity contribution in [1.82, 2.24) is 0 Å². The molecule has 2 rings (SSSR count). The van der Waals surface area contributed by atoms with Gasteiger partial charge in [-0.15, -0.1) is 0 Å². The lowest BCUT2D eigenvalue weighted by Crippen LogP contribution is -2.48. The Morgan fingerprint density at radius 1 is 1.07 bits per heavy atom. The molecule has 0 aromatic rings. The highest BCUT2D eigenvalue weighted by molar-refractivity contribution is 5.03. The van der Waals surface area contributed by atoms with E-state index in [0.29, 0.717) is 5.92 Å². The Bertz CT molecular complexity index is 209. The Balaban J connectivity index is 2.12. The van der Waals surface area contributed by atoms with Crippen LogP contribution < -0.4 is 0 Å². The molecule has 0 spiro atoms. The van der Waals surface area contributed by atoms with Crippen LogP contribution in [0, 0.1) is 5.92 Å². The molecule has 0 radical (unpaired) electrons. The second-order valence-corrected chi connectivity index (χ2v) is 5.35. The molecule has 2 atom stereocenters. The van der Waals surface area contributed by atoms with E-state index in [0.717, 1.165) is 38.9 Å². The van der Waals surface area contributed by atoms with Crippen molar-refractivity contribution in [2.24, 2.45) is 5.92 Å².